The highest BCUT2D eigenvalue weighted by Gasteiger charge is 2.16. The van der Waals surface area contributed by atoms with E-state index in [-0.39, 0.29) is 10.6 Å². The van der Waals surface area contributed by atoms with Crippen molar-refractivity contribution in [2.75, 3.05) is 0 Å². The van der Waals surface area contributed by atoms with Crippen LogP contribution in [0.25, 0.3) is 0 Å². The number of nitrogens with zero attached hydrogens (tertiary/aromatic N) is 1. The van der Waals surface area contributed by atoms with Gasteiger partial charge in [0.1, 0.15) is 5.82 Å². The van der Waals surface area contributed by atoms with Crippen molar-refractivity contribution < 1.29 is 9.18 Å². The van der Waals surface area contributed by atoms with E-state index >= 15 is 0 Å². The highest BCUT2D eigenvalue weighted by molar-refractivity contribution is 7.11. The Hall–Kier alpha value is -1.26. The second-order valence-corrected chi connectivity index (χ2v) is 4.12. The molecule has 76 valence electrons. The summed E-state index contributed by atoms with van der Waals surface area (Å²) < 4.78 is 13.3. The summed E-state index contributed by atoms with van der Waals surface area (Å²) in [5.41, 5.74) is -0.0440. The lowest BCUT2D eigenvalue weighted by Gasteiger charge is -1.99. The number of ketones is 1. The van der Waals surface area contributed by atoms with E-state index in [0.29, 0.717) is 5.02 Å². The van der Waals surface area contributed by atoms with Crippen molar-refractivity contribution in [2.24, 2.45) is 0 Å². The van der Waals surface area contributed by atoms with E-state index in [9.17, 15) is 9.18 Å². The molecule has 2 rings (SSSR count). The van der Waals surface area contributed by atoms with E-state index in [0.717, 1.165) is 0 Å². The molecule has 0 amide bonds. The molecule has 5 heteroatoms. The number of hydrogen-bond donors (Lipinski definition) is 0. The van der Waals surface area contributed by atoms with Crippen LogP contribution in [0.3, 0.4) is 0 Å². The fourth-order valence-electron chi connectivity index (χ4n) is 1.12. The van der Waals surface area contributed by atoms with E-state index < -0.39 is 11.6 Å². The summed E-state index contributed by atoms with van der Waals surface area (Å²) in [5, 5.41) is 2.25. The molecule has 0 spiro atoms. The summed E-state index contributed by atoms with van der Waals surface area (Å²) >= 11 is 6.86. The Morgan fingerprint density at radius 2 is 2.27 bits per heavy atom. The number of hydrogen-bond acceptors (Lipinski definition) is 3. The van der Waals surface area contributed by atoms with Crippen LogP contribution >= 0.6 is 22.9 Å². The van der Waals surface area contributed by atoms with E-state index in [1.807, 2.05) is 0 Å². The fraction of sp³-hybridized carbons (Fsp3) is 0. The first-order valence-corrected chi connectivity index (χ1v) is 5.33. The summed E-state index contributed by atoms with van der Waals surface area (Å²) in [4.78, 5) is 15.6. The lowest BCUT2D eigenvalue weighted by Crippen LogP contribution is -2.03. The first-order valence-electron chi connectivity index (χ1n) is 4.08. The van der Waals surface area contributed by atoms with Crippen LogP contribution < -0.4 is 0 Å². The molecule has 1 heterocycles. The van der Waals surface area contributed by atoms with Crippen molar-refractivity contribution in [1.82, 2.24) is 4.98 Å². The van der Waals surface area contributed by atoms with Crippen LogP contribution in [0.15, 0.2) is 29.8 Å². The van der Waals surface area contributed by atoms with Crippen molar-refractivity contribution >= 4 is 28.7 Å². The SMILES string of the molecule is O=C(c1nccs1)c1cc(Cl)ccc1F. The maximum absolute atomic E-state index is 13.3. The second-order valence-electron chi connectivity index (χ2n) is 2.79. The molecule has 0 fully saturated rings. The Morgan fingerprint density at radius 1 is 1.47 bits per heavy atom. The second kappa shape index (κ2) is 4.08. The van der Waals surface area contributed by atoms with Gasteiger partial charge in [0.05, 0.1) is 5.56 Å². The fourth-order valence-corrected chi connectivity index (χ4v) is 1.88. The van der Waals surface area contributed by atoms with Crippen molar-refractivity contribution in [1.29, 1.82) is 0 Å². The molecule has 2 nitrogen and oxygen atoms in total. The molecular formula is C10H5ClFNOS. The molecular weight excluding hydrogens is 237 g/mol. The number of rotatable bonds is 2. The molecule has 0 N–H and O–H groups in total. The molecule has 0 aliphatic rings. The van der Waals surface area contributed by atoms with Gasteiger partial charge in [0, 0.05) is 16.6 Å². The van der Waals surface area contributed by atoms with Gasteiger partial charge in [-0.1, -0.05) is 11.6 Å². The first kappa shape index (κ1) is 10.3. The number of carbonyl (C=O) groups is 1. The van der Waals surface area contributed by atoms with Gasteiger partial charge >= 0.3 is 0 Å². The quantitative estimate of drug-likeness (QED) is 0.756. The standard InChI is InChI=1S/C10H5ClFNOS/c11-6-1-2-8(12)7(5-6)9(14)10-13-3-4-15-10/h1-5H. The molecule has 0 bridgehead atoms. The molecule has 0 unspecified atom stereocenters. The van der Waals surface area contributed by atoms with Gasteiger partial charge in [-0.25, -0.2) is 9.37 Å². The minimum atomic E-state index is -0.584. The highest BCUT2D eigenvalue weighted by atomic mass is 35.5. The van der Waals surface area contributed by atoms with E-state index in [2.05, 4.69) is 4.98 Å². The van der Waals surface area contributed by atoms with Gasteiger partial charge in [-0.2, -0.15) is 0 Å². The lowest BCUT2D eigenvalue weighted by molar-refractivity contribution is 0.103. The van der Waals surface area contributed by atoms with Gasteiger partial charge in [-0.05, 0) is 18.2 Å². The van der Waals surface area contributed by atoms with Crippen molar-refractivity contribution in [3.05, 3.63) is 51.2 Å². The van der Waals surface area contributed by atoms with E-state index in [4.69, 9.17) is 11.6 Å². The number of benzene rings is 1. The van der Waals surface area contributed by atoms with Gasteiger partial charge in [0.25, 0.3) is 0 Å². The van der Waals surface area contributed by atoms with Crippen molar-refractivity contribution in [3.8, 4) is 0 Å². The summed E-state index contributed by atoms with van der Waals surface area (Å²) in [6.45, 7) is 0. The summed E-state index contributed by atoms with van der Waals surface area (Å²) in [5.74, 6) is -1.02. The highest BCUT2D eigenvalue weighted by Crippen LogP contribution is 2.19. The van der Waals surface area contributed by atoms with Crippen LogP contribution in [0.4, 0.5) is 4.39 Å². The molecule has 1 aromatic carbocycles. The van der Waals surface area contributed by atoms with Gasteiger partial charge in [0.2, 0.25) is 5.78 Å². The minimum Gasteiger partial charge on any atom is -0.286 e. The molecule has 0 saturated heterocycles. The van der Waals surface area contributed by atoms with Crippen molar-refractivity contribution in [2.45, 2.75) is 0 Å². The molecule has 2 aromatic rings. The van der Waals surface area contributed by atoms with Crippen LogP contribution in [0.1, 0.15) is 15.4 Å². The Bertz CT molecular complexity index is 498. The van der Waals surface area contributed by atoms with Crippen LogP contribution in [-0.4, -0.2) is 10.8 Å². The van der Waals surface area contributed by atoms with Crippen molar-refractivity contribution in [3.63, 3.8) is 0 Å². The molecule has 0 radical (unpaired) electrons. The third-order valence-electron chi connectivity index (χ3n) is 1.80. The van der Waals surface area contributed by atoms with Gasteiger partial charge in [-0.3, -0.25) is 4.79 Å². The third-order valence-corrected chi connectivity index (χ3v) is 2.81. The predicted molar refractivity (Wildman–Crippen MR) is 57.0 cm³/mol. The third kappa shape index (κ3) is 2.06. The van der Waals surface area contributed by atoms with Gasteiger partial charge in [0.15, 0.2) is 5.01 Å². The van der Waals surface area contributed by atoms with Crippen LogP contribution in [-0.2, 0) is 0 Å². The first-order chi connectivity index (χ1) is 7.18. The van der Waals surface area contributed by atoms with Crippen LogP contribution in [0, 0.1) is 5.82 Å². The number of aromatic nitrogens is 1. The van der Waals surface area contributed by atoms with Crippen LogP contribution in [0.2, 0.25) is 5.02 Å². The van der Waals surface area contributed by atoms with E-state index in [1.54, 1.807) is 5.38 Å². The average Bonchev–Trinajstić information content (AvgIpc) is 2.74. The zero-order valence-electron chi connectivity index (χ0n) is 7.41. The molecule has 15 heavy (non-hydrogen) atoms. The number of carbonyl (C=O) groups excluding carboxylic acids is 1. The Labute approximate surface area is 94.3 Å². The normalized spacial score (nSPS) is 10.3. The topological polar surface area (TPSA) is 30.0 Å². The number of halogens is 2. The van der Waals surface area contributed by atoms with Gasteiger partial charge < -0.3 is 0 Å². The maximum atomic E-state index is 13.3. The van der Waals surface area contributed by atoms with E-state index in [1.165, 1.54) is 35.7 Å². The molecule has 1 aromatic heterocycles. The Balaban J connectivity index is 2.46. The predicted octanol–water partition coefficient (Wildman–Crippen LogP) is 3.17. The molecule has 0 aliphatic heterocycles. The Morgan fingerprint density at radius 3 is 2.93 bits per heavy atom. The zero-order valence-corrected chi connectivity index (χ0v) is 8.98. The monoisotopic (exact) mass is 241 g/mol. The largest absolute Gasteiger partial charge is 0.286 e. The summed E-state index contributed by atoms with van der Waals surface area (Å²) in [6.07, 6.45) is 1.50. The molecule has 0 atom stereocenters. The maximum Gasteiger partial charge on any atom is 0.224 e. The van der Waals surface area contributed by atoms with Crippen LogP contribution in [0.5, 0.6) is 0 Å². The number of thiazole rings is 1. The summed E-state index contributed by atoms with van der Waals surface area (Å²) in [6, 6.07) is 3.87. The zero-order chi connectivity index (χ0) is 10.8. The minimum absolute atomic E-state index is 0.0440. The molecule has 0 aliphatic carbocycles. The molecule has 0 saturated carbocycles. The average molecular weight is 242 g/mol. The van der Waals surface area contributed by atoms with Gasteiger partial charge in [-0.15, -0.1) is 11.3 Å². The summed E-state index contributed by atoms with van der Waals surface area (Å²) in [7, 11) is 0. The smallest absolute Gasteiger partial charge is 0.224 e. The lowest BCUT2D eigenvalue weighted by atomic mass is 10.1. The Kier molecular flexibility index (Phi) is 2.79.